The molecule has 0 radical (unpaired) electrons. The zero-order chi connectivity index (χ0) is 15.4. The number of halogens is 3. The maximum Gasteiger partial charge on any atom is 0.124 e. The molecule has 1 N–H and O–H groups in total. The van der Waals surface area contributed by atoms with E-state index >= 15 is 0 Å². The maximum absolute atomic E-state index is 13.0. The minimum Gasteiger partial charge on any atom is -0.489 e. The topological polar surface area (TPSA) is 21.3 Å². The third-order valence-electron chi connectivity index (χ3n) is 3.27. The lowest BCUT2D eigenvalue weighted by Gasteiger charge is -2.17. The second kappa shape index (κ2) is 7.12. The summed E-state index contributed by atoms with van der Waals surface area (Å²) in [4.78, 5) is 0. The van der Waals surface area contributed by atoms with E-state index in [9.17, 15) is 4.39 Å². The summed E-state index contributed by atoms with van der Waals surface area (Å²) in [5, 5.41) is 4.16. The minimum atomic E-state index is -0.361. The van der Waals surface area contributed by atoms with Gasteiger partial charge in [0.15, 0.2) is 0 Å². The minimum absolute atomic E-state index is 0.0994. The van der Waals surface area contributed by atoms with Crippen molar-refractivity contribution in [3.8, 4) is 5.75 Å². The lowest BCUT2D eigenvalue weighted by atomic mass is 10.1. The van der Waals surface area contributed by atoms with Crippen LogP contribution in [0, 0.1) is 5.82 Å². The van der Waals surface area contributed by atoms with Gasteiger partial charge in [-0.2, -0.15) is 0 Å². The van der Waals surface area contributed by atoms with Crippen molar-refractivity contribution in [2.45, 2.75) is 19.6 Å². The molecule has 112 valence electrons. The molecule has 0 heterocycles. The van der Waals surface area contributed by atoms with E-state index in [1.165, 1.54) is 12.1 Å². The van der Waals surface area contributed by atoms with Crippen molar-refractivity contribution in [2.24, 2.45) is 0 Å². The molecule has 0 amide bonds. The van der Waals surface area contributed by atoms with Crippen molar-refractivity contribution < 1.29 is 9.13 Å². The Labute approximate surface area is 133 Å². The molecule has 0 saturated heterocycles. The van der Waals surface area contributed by atoms with E-state index in [4.69, 9.17) is 27.9 Å². The summed E-state index contributed by atoms with van der Waals surface area (Å²) in [7, 11) is 1.87. The summed E-state index contributed by atoms with van der Waals surface area (Å²) >= 11 is 12.0. The highest BCUT2D eigenvalue weighted by Crippen LogP contribution is 2.29. The van der Waals surface area contributed by atoms with Gasteiger partial charge in [0, 0.05) is 22.2 Å². The molecule has 0 fully saturated rings. The number of benzene rings is 2. The SMILES string of the molecule is CNC(C)c1cc(Cl)ccc1OCc1ccc(F)cc1Cl. The number of hydrogen-bond donors (Lipinski definition) is 1. The average Bonchev–Trinajstić information content (AvgIpc) is 2.46. The van der Waals surface area contributed by atoms with Crippen LogP contribution in [0.1, 0.15) is 24.1 Å². The van der Waals surface area contributed by atoms with Crippen LogP contribution >= 0.6 is 23.2 Å². The summed E-state index contributed by atoms with van der Waals surface area (Å²) in [6.07, 6.45) is 0. The van der Waals surface area contributed by atoms with Crippen molar-refractivity contribution >= 4 is 23.2 Å². The summed E-state index contributed by atoms with van der Waals surface area (Å²) in [5.41, 5.74) is 1.69. The van der Waals surface area contributed by atoms with E-state index in [-0.39, 0.29) is 18.5 Å². The van der Waals surface area contributed by atoms with E-state index in [1.54, 1.807) is 12.1 Å². The molecule has 1 atom stereocenters. The highest BCUT2D eigenvalue weighted by molar-refractivity contribution is 6.31. The second-order valence-electron chi connectivity index (χ2n) is 4.72. The lowest BCUT2D eigenvalue weighted by molar-refractivity contribution is 0.300. The molecule has 0 aromatic heterocycles. The molecule has 0 aliphatic carbocycles. The summed E-state index contributed by atoms with van der Waals surface area (Å²) in [6.45, 7) is 2.29. The fourth-order valence-corrected chi connectivity index (χ4v) is 2.34. The van der Waals surface area contributed by atoms with Crippen LogP contribution in [0.3, 0.4) is 0 Å². The fourth-order valence-electron chi connectivity index (χ4n) is 1.94. The second-order valence-corrected chi connectivity index (χ2v) is 5.56. The van der Waals surface area contributed by atoms with Crippen LogP contribution in [-0.4, -0.2) is 7.05 Å². The molecule has 2 aromatic rings. The Morgan fingerprint density at radius 3 is 2.62 bits per heavy atom. The number of hydrogen-bond acceptors (Lipinski definition) is 2. The van der Waals surface area contributed by atoms with Gasteiger partial charge in [0.1, 0.15) is 18.2 Å². The Morgan fingerprint density at radius 2 is 1.95 bits per heavy atom. The van der Waals surface area contributed by atoms with E-state index in [0.717, 1.165) is 16.9 Å². The van der Waals surface area contributed by atoms with Gasteiger partial charge in [0.25, 0.3) is 0 Å². The summed E-state index contributed by atoms with van der Waals surface area (Å²) in [6, 6.07) is 9.82. The monoisotopic (exact) mass is 327 g/mol. The largest absolute Gasteiger partial charge is 0.489 e. The zero-order valence-corrected chi connectivity index (χ0v) is 13.3. The van der Waals surface area contributed by atoms with Crippen LogP contribution in [0.4, 0.5) is 4.39 Å². The summed E-state index contributed by atoms with van der Waals surface area (Å²) < 4.78 is 18.8. The van der Waals surface area contributed by atoms with Gasteiger partial charge in [-0.1, -0.05) is 29.3 Å². The molecule has 2 nitrogen and oxygen atoms in total. The first-order valence-corrected chi connectivity index (χ1v) is 7.30. The highest BCUT2D eigenvalue weighted by atomic mass is 35.5. The number of nitrogens with one attached hydrogen (secondary N) is 1. The third-order valence-corrected chi connectivity index (χ3v) is 3.86. The molecule has 0 spiro atoms. The van der Waals surface area contributed by atoms with Crippen molar-refractivity contribution in [1.82, 2.24) is 5.32 Å². The first-order valence-electron chi connectivity index (χ1n) is 6.54. The van der Waals surface area contributed by atoms with Crippen molar-refractivity contribution in [2.75, 3.05) is 7.05 Å². The van der Waals surface area contributed by atoms with Gasteiger partial charge in [-0.25, -0.2) is 4.39 Å². The fraction of sp³-hybridized carbons (Fsp3) is 0.250. The van der Waals surface area contributed by atoms with Crippen molar-refractivity contribution in [1.29, 1.82) is 0 Å². The smallest absolute Gasteiger partial charge is 0.124 e. The average molecular weight is 328 g/mol. The van der Waals surface area contributed by atoms with Gasteiger partial charge in [-0.15, -0.1) is 0 Å². The van der Waals surface area contributed by atoms with E-state index in [2.05, 4.69) is 5.32 Å². The van der Waals surface area contributed by atoms with E-state index < -0.39 is 0 Å². The molecule has 0 bridgehead atoms. The molecule has 1 unspecified atom stereocenters. The first kappa shape index (κ1) is 16.1. The van der Waals surface area contributed by atoms with Crippen LogP contribution in [0.5, 0.6) is 5.75 Å². The quantitative estimate of drug-likeness (QED) is 0.835. The molecule has 0 saturated carbocycles. The van der Waals surface area contributed by atoms with Gasteiger partial charge >= 0.3 is 0 Å². The maximum atomic E-state index is 13.0. The molecule has 2 rings (SSSR count). The number of rotatable bonds is 5. The van der Waals surface area contributed by atoms with Gasteiger partial charge in [0.2, 0.25) is 0 Å². The Morgan fingerprint density at radius 1 is 1.19 bits per heavy atom. The van der Waals surface area contributed by atoms with E-state index in [1.807, 2.05) is 26.1 Å². The van der Waals surface area contributed by atoms with E-state index in [0.29, 0.717) is 10.0 Å². The predicted octanol–water partition coefficient (Wildman–Crippen LogP) is 4.99. The number of ether oxygens (including phenoxy) is 1. The molecule has 21 heavy (non-hydrogen) atoms. The third kappa shape index (κ3) is 4.10. The van der Waals surface area contributed by atoms with Crippen molar-refractivity contribution in [3.05, 3.63) is 63.4 Å². The molecule has 0 aliphatic rings. The van der Waals surface area contributed by atoms with Gasteiger partial charge < -0.3 is 10.1 Å². The first-order chi connectivity index (χ1) is 10.0. The normalized spacial score (nSPS) is 12.2. The molecule has 2 aromatic carbocycles. The molecule has 0 aliphatic heterocycles. The standard InChI is InChI=1S/C16H16Cl2FNO/c1-10(20-2)14-7-12(17)4-6-16(14)21-9-11-3-5-13(19)8-15(11)18/h3-8,10,20H,9H2,1-2H3. The van der Waals surface area contributed by atoms with Gasteiger partial charge in [-0.3, -0.25) is 0 Å². The Hall–Kier alpha value is -1.29. The Balaban J connectivity index is 2.19. The molecular weight excluding hydrogens is 312 g/mol. The van der Waals surface area contributed by atoms with Crippen LogP contribution in [0.15, 0.2) is 36.4 Å². The van der Waals surface area contributed by atoms with Gasteiger partial charge in [-0.05, 0) is 44.3 Å². The zero-order valence-electron chi connectivity index (χ0n) is 11.8. The lowest BCUT2D eigenvalue weighted by Crippen LogP contribution is -2.13. The Kier molecular flexibility index (Phi) is 5.45. The van der Waals surface area contributed by atoms with Crippen molar-refractivity contribution in [3.63, 3.8) is 0 Å². The van der Waals surface area contributed by atoms with Crippen LogP contribution in [0.25, 0.3) is 0 Å². The van der Waals surface area contributed by atoms with Gasteiger partial charge in [0.05, 0.1) is 5.02 Å². The molecule has 5 heteroatoms. The van der Waals surface area contributed by atoms with Crippen LogP contribution < -0.4 is 10.1 Å². The molecular formula is C16H16Cl2FNO. The van der Waals surface area contributed by atoms with Crippen LogP contribution in [-0.2, 0) is 6.61 Å². The van der Waals surface area contributed by atoms with Crippen LogP contribution in [0.2, 0.25) is 10.0 Å². The summed E-state index contributed by atoms with van der Waals surface area (Å²) in [5.74, 6) is 0.362. The Bertz CT molecular complexity index is 634. The predicted molar refractivity (Wildman–Crippen MR) is 84.7 cm³/mol. The highest BCUT2D eigenvalue weighted by Gasteiger charge is 2.12.